The van der Waals surface area contributed by atoms with Gasteiger partial charge in [0.1, 0.15) is 0 Å². The molecule has 0 aliphatic rings. The Hall–Kier alpha value is -0.780. The normalized spacial score (nSPS) is 13.9. The van der Waals surface area contributed by atoms with Crippen molar-refractivity contribution in [2.75, 3.05) is 0 Å². The van der Waals surface area contributed by atoms with Crippen LogP contribution >= 0.6 is 0 Å². The van der Waals surface area contributed by atoms with Gasteiger partial charge >= 0.3 is 0 Å². The molecule has 0 nitrogen and oxygen atoms in total. The van der Waals surface area contributed by atoms with Crippen molar-refractivity contribution in [3.63, 3.8) is 0 Å². The number of rotatable bonds is 2. The quantitative estimate of drug-likeness (QED) is 0.494. The van der Waals surface area contributed by atoms with Gasteiger partial charge in [0.2, 0.25) is 0 Å². The van der Waals surface area contributed by atoms with Gasteiger partial charge in [-0.1, -0.05) is 36.0 Å². The van der Waals surface area contributed by atoms with E-state index < -0.39 is 0 Å². The maximum absolute atomic E-state index is 2.08. The van der Waals surface area contributed by atoms with E-state index in [9.17, 15) is 0 Å². The molecule has 0 aliphatic heterocycles. The highest BCUT2D eigenvalue weighted by atomic mass is 13.8. The molecule has 0 N–H and O–H groups in total. The molecule has 50 valence electrons. The summed E-state index contributed by atoms with van der Waals surface area (Å²) in [6.07, 6.45) is 10.2. The smallest absolute Gasteiger partial charge is 0.0401 e. The predicted molar refractivity (Wildman–Crippen MR) is 43.4 cm³/mol. The van der Waals surface area contributed by atoms with Crippen molar-refractivity contribution in [3.8, 4) is 0 Å². The average Bonchev–Trinajstić information content (AvgIpc) is 1.89. The summed E-state index contributed by atoms with van der Waals surface area (Å²) in [6.45, 7) is 6.13. The predicted octanol–water partition coefficient (Wildman–Crippen LogP) is 3.08. The average molecular weight is 122 g/mol. The Morgan fingerprint density at radius 2 is 1.78 bits per heavy atom. The largest absolute Gasteiger partial charge is 0.0877 e. The molecular weight excluding hydrogens is 108 g/mol. The molecule has 0 unspecified atom stereocenters. The van der Waals surface area contributed by atoms with E-state index in [0.29, 0.717) is 0 Å². The Balaban J connectivity index is 3.71. The topological polar surface area (TPSA) is 0 Å². The lowest BCUT2D eigenvalue weighted by Crippen LogP contribution is -1.61. The van der Waals surface area contributed by atoms with Crippen LogP contribution in [0.4, 0.5) is 0 Å². The standard InChI is InChI=1S/C9H14/c1-4-6-7-8-9(3)5-2/h4-8H,1-3H3/b6-4+,8-7+,9-5-. The lowest BCUT2D eigenvalue weighted by atomic mass is 10.2. The highest BCUT2D eigenvalue weighted by Crippen LogP contribution is 1.92. The van der Waals surface area contributed by atoms with E-state index in [0.717, 1.165) is 0 Å². The zero-order valence-corrected chi connectivity index (χ0v) is 6.39. The molecule has 0 bridgehead atoms. The molecule has 0 rings (SSSR count). The molecule has 0 aromatic carbocycles. The van der Waals surface area contributed by atoms with Gasteiger partial charge in [-0.05, 0) is 20.8 Å². The van der Waals surface area contributed by atoms with Crippen molar-refractivity contribution < 1.29 is 0 Å². The Morgan fingerprint density at radius 3 is 2.22 bits per heavy atom. The van der Waals surface area contributed by atoms with Crippen LogP contribution in [0, 0.1) is 0 Å². The van der Waals surface area contributed by atoms with E-state index >= 15 is 0 Å². The van der Waals surface area contributed by atoms with Crippen LogP contribution in [0.25, 0.3) is 0 Å². The monoisotopic (exact) mass is 122 g/mol. The minimum Gasteiger partial charge on any atom is -0.0877 e. The van der Waals surface area contributed by atoms with Crippen molar-refractivity contribution >= 4 is 0 Å². The van der Waals surface area contributed by atoms with Crippen molar-refractivity contribution in [2.24, 2.45) is 0 Å². The summed E-state index contributed by atoms with van der Waals surface area (Å²) in [5.74, 6) is 0. The third-order valence-corrected chi connectivity index (χ3v) is 1.12. The second kappa shape index (κ2) is 5.36. The lowest BCUT2D eigenvalue weighted by Gasteiger charge is -1.82. The van der Waals surface area contributed by atoms with Crippen LogP contribution in [0.5, 0.6) is 0 Å². The Bertz CT molecular complexity index is 136. The fourth-order valence-corrected chi connectivity index (χ4v) is 0.415. The van der Waals surface area contributed by atoms with E-state index in [2.05, 4.69) is 19.1 Å². The van der Waals surface area contributed by atoms with Crippen LogP contribution in [-0.4, -0.2) is 0 Å². The molecule has 0 fully saturated rings. The molecule has 0 heterocycles. The fourth-order valence-electron chi connectivity index (χ4n) is 0.415. The molecule has 0 aromatic rings. The Morgan fingerprint density at radius 1 is 1.11 bits per heavy atom. The lowest BCUT2D eigenvalue weighted by molar-refractivity contribution is 1.48. The highest BCUT2D eigenvalue weighted by molar-refractivity contribution is 5.18. The third-order valence-electron chi connectivity index (χ3n) is 1.12. The third kappa shape index (κ3) is 5.09. The molecule has 0 aromatic heterocycles. The van der Waals surface area contributed by atoms with E-state index in [1.807, 2.05) is 32.1 Å². The molecule has 0 radical (unpaired) electrons. The first kappa shape index (κ1) is 8.22. The second-order valence-corrected chi connectivity index (χ2v) is 1.92. The number of hydrogen-bond donors (Lipinski definition) is 0. The van der Waals surface area contributed by atoms with Crippen LogP contribution in [0.2, 0.25) is 0 Å². The minimum absolute atomic E-state index is 1.30. The van der Waals surface area contributed by atoms with Crippen molar-refractivity contribution in [1.82, 2.24) is 0 Å². The van der Waals surface area contributed by atoms with Crippen LogP contribution in [0.1, 0.15) is 20.8 Å². The number of allylic oxidation sites excluding steroid dienone is 6. The first-order valence-electron chi connectivity index (χ1n) is 3.23. The molecule has 0 atom stereocenters. The van der Waals surface area contributed by atoms with Crippen LogP contribution in [0.3, 0.4) is 0 Å². The summed E-state index contributed by atoms with van der Waals surface area (Å²) in [6, 6.07) is 0. The molecule has 0 saturated heterocycles. The van der Waals surface area contributed by atoms with Gasteiger partial charge in [0.05, 0.1) is 0 Å². The SMILES string of the molecule is C\C=C(C)/C=C/C=C/C. The Labute approximate surface area is 57.6 Å². The van der Waals surface area contributed by atoms with Gasteiger partial charge in [-0.2, -0.15) is 0 Å². The molecule has 0 saturated carbocycles. The first-order chi connectivity index (χ1) is 4.31. The summed E-state index contributed by atoms with van der Waals surface area (Å²) in [7, 11) is 0. The van der Waals surface area contributed by atoms with E-state index in [1.54, 1.807) is 0 Å². The van der Waals surface area contributed by atoms with Crippen molar-refractivity contribution in [1.29, 1.82) is 0 Å². The molecule has 0 spiro atoms. The minimum atomic E-state index is 1.30. The molecule has 0 heteroatoms. The second-order valence-electron chi connectivity index (χ2n) is 1.92. The van der Waals surface area contributed by atoms with Gasteiger partial charge in [-0.25, -0.2) is 0 Å². The van der Waals surface area contributed by atoms with Gasteiger partial charge < -0.3 is 0 Å². The maximum Gasteiger partial charge on any atom is -0.0401 e. The van der Waals surface area contributed by atoms with Crippen LogP contribution in [0.15, 0.2) is 36.0 Å². The van der Waals surface area contributed by atoms with Crippen LogP contribution < -0.4 is 0 Å². The van der Waals surface area contributed by atoms with Gasteiger partial charge in [0, 0.05) is 0 Å². The molecule has 9 heavy (non-hydrogen) atoms. The maximum atomic E-state index is 2.08. The Kier molecular flexibility index (Phi) is 4.89. The zero-order valence-electron chi connectivity index (χ0n) is 6.39. The summed E-state index contributed by atoms with van der Waals surface area (Å²) < 4.78 is 0. The van der Waals surface area contributed by atoms with Gasteiger partial charge in [-0.15, -0.1) is 0 Å². The van der Waals surface area contributed by atoms with Gasteiger partial charge in [0.25, 0.3) is 0 Å². The summed E-state index contributed by atoms with van der Waals surface area (Å²) in [5, 5.41) is 0. The van der Waals surface area contributed by atoms with Crippen molar-refractivity contribution in [3.05, 3.63) is 36.0 Å². The molecule has 0 aliphatic carbocycles. The molecule has 0 amide bonds. The molecular formula is C9H14. The highest BCUT2D eigenvalue weighted by Gasteiger charge is 1.71. The van der Waals surface area contributed by atoms with E-state index in [-0.39, 0.29) is 0 Å². The van der Waals surface area contributed by atoms with Crippen LogP contribution in [-0.2, 0) is 0 Å². The van der Waals surface area contributed by atoms with E-state index in [1.165, 1.54) is 5.57 Å². The van der Waals surface area contributed by atoms with Gasteiger partial charge in [-0.3, -0.25) is 0 Å². The van der Waals surface area contributed by atoms with Gasteiger partial charge in [0.15, 0.2) is 0 Å². The summed E-state index contributed by atoms with van der Waals surface area (Å²) in [5.41, 5.74) is 1.30. The van der Waals surface area contributed by atoms with E-state index in [4.69, 9.17) is 0 Å². The van der Waals surface area contributed by atoms with Crippen molar-refractivity contribution in [2.45, 2.75) is 20.8 Å². The zero-order chi connectivity index (χ0) is 7.11. The summed E-state index contributed by atoms with van der Waals surface area (Å²) >= 11 is 0. The fraction of sp³-hybridized carbons (Fsp3) is 0.333. The summed E-state index contributed by atoms with van der Waals surface area (Å²) in [4.78, 5) is 0. The first-order valence-corrected chi connectivity index (χ1v) is 3.23. The number of hydrogen-bond acceptors (Lipinski definition) is 0.